The van der Waals surface area contributed by atoms with E-state index in [9.17, 15) is 4.79 Å². The van der Waals surface area contributed by atoms with Crippen molar-refractivity contribution < 1.29 is 4.79 Å². The maximum atomic E-state index is 12.0. The van der Waals surface area contributed by atoms with Crippen LogP contribution >= 0.6 is 0 Å². The second-order valence-electron chi connectivity index (χ2n) is 5.59. The molecule has 1 heterocycles. The first kappa shape index (κ1) is 15.0. The summed E-state index contributed by atoms with van der Waals surface area (Å²) in [5, 5.41) is 6.35. The van der Waals surface area contributed by atoms with Gasteiger partial charge in [-0.2, -0.15) is 0 Å². The monoisotopic (exact) mass is 275 g/mol. The molecule has 1 aromatic carbocycles. The Balaban J connectivity index is 1.81. The fourth-order valence-corrected chi connectivity index (χ4v) is 2.60. The molecule has 1 fully saturated rings. The molecule has 1 aliphatic rings. The lowest BCUT2D eigenvalue weighted by Gasteiger charge is -2.31. The van der Waals surface area contributed by atoms with Crippen molar-refractivity contribution in [2.75, 3.05) is 31.5 Å². The number of anilines is 1. The second-order valence-corrected chi connectivity index (χ2v) is 5.59. The maximum absolute atomic E-state index is 12.0. The van der Waals surface area contributed by atoms with E-state index in [0.717, 1.165) is 38.2 Å². The molecule has 2 rings (SSSR count). The van der Waals surface area contributed by atoms with Crippen LogP contribution in [0.5, 0.6) is 0 Å². The molecule has 1 atom stereocenters. The Bertz CT molecular complexity index is 430. The maximum Gasteiger partial charge on any atom is 0.238 e. The van der Waals surface area contributed by atoms with Crippen molar-refractivity contribution in [2.24, 2.45) is 0 Å². The molecule has 4 heteroatoms. The first-order valence-electron chi connectivity index (χ1n) is 7.52. The first-order valence-corrected chi connectivity index (χ1v) is 7.52. The zero-order chi connectivity index (χ0) is 14.4. The highest BCUT2D eigenvalue weighted by atomic mass is 16.2. The minimum Gasteiger partial charge on any atom is -0.325 e. The zero-order valence-electron chi connectivity index (χ0n) is 12.5. The van der Waals surface area contributed by atoms with Gasteiger partial charge in [-0.15, -0.1) is 0 Å². The predicted octanol–water partition coefficient (Wildman–Crippen LogP) is 1.87. The van der Waals surface area contributed by atoms with Crippen molar-refractivity contribution >= 4 is 11.6 Å². The van der Waals surface area contributed by atoms with Crippen molar-refractivity contribution in [1.82, 2.24) is 10.2 Å². The molecule has 4 nitrogen and oxygen atoms in total. The standard InChI is InChI=1S/C16H25N3O/c1-3-4-14-5-7-15(8-6-14)18-16(20)12-19-10-9-17-13(2)11-19/h5-8,13,17H,3-4,9-12H2,1-2H3,(H,18,20). The van der Waals surface area contributed by atoms with Gasteiger partial charge in [0, 0.05) is 31.4 Å². The topological polar surface area (TPSA) is 44.4 Å². The van der Waals surface area contributed by atoms with Gasteiger partial charge in [0.1, 0.15) is 0 Å². The molecule has 0 radical (unpaired) electrons. The van der Waals surface area contributed by atoms with Gasteiger partial charge in [0.25, 0.3) is 0 Å². The Hall–Kier alpha value is -1.39. The fourth-order valence-electron chi connectivity index (χ4n) is 2.60. The molecule has 1 saturated heterocycles. The summed E-state index contributed by atoms with van der Waals surface area (Å²) in [6.45, 7) is 7.62. The van der Waals surface area contributed by atoms with Crippen molar-refractivity contribution in [3.63, 3.8) is 0 Å². The summed E-state index contributed by atoms with van der Waals surface area (Å²) in [4.78, 5) is 14.2. The number of carbonyl (C=O) groups excluding carboxylic acids is 1. The van der Waals surface area contributed by atoms with E-state index in [4.69, 9.17) is 0 Å². The van der Waals surface area contributed by atoms with Gasteiger partial charge in [-0.3, -0.25) is 9.69 Å². The van der Waals surface area contributed by atoms with E-state index in [1.807, 2.05) is 12.1 Å². The van der Waals surface area contributed by atoms with E-state index >= 15 is 0 Å². The molecule has 0 aromatic heterocycles. The highest BCUT2D eigenvalue weighted by Crippen LogP contribution is 2.11. The lowest BCUT2D eigenvalue weighted by Crippen LogP contribution is -2.51. The third-order valence-corrected chi connectivity index (χ3v) is 3.60. The van der Waals surface area contributed by atoms with E-state index in [-0.39, 0.29) is 5.91 Å². The third kappa shape index (κ3) is 4.62. The van der Waals surface area contributed by atoms with Crippen LogP contribution < -0.4 is 10.6 Å². The average molecular weight is 275 g/mol. The smallest absolute Gasteiger partial charge is 0.238 e. The largest absolute Gasteiger partial charge is 0.325 e. The molecule has 0 spiro atoms. The van der Waals surface area contributed by atoms with Gasteiger partial charge in [0.05, 0.1) is 6.54 Å². The summed E-state index contributed by atoms with van der Waals surface area (Å²) in [6, 6.07) is 8.62. The molecule has 1 amide bonds. The SMILES string of the molecule is CCCc1ccc(NC(=O)CN2CCNC(C)C2)cc1. The number of nitrogens with one attached hydrogen (secondary N) is 2. The summed E-state index contributed by atoms with van der Waals surface area (Å²) < 4.78 is 0. The molecule has 20 heavy (non-hydrogen) atoms. The number of benzene rings is 1. The van der Waals surface area contributed by atoms with Crippen LogP contribution in [0.25, 0.3) is 0 Å². The molecule has 2 N–H and O–H groups in total. The van der Waals surface area contributed by atoms with Gasteiger partial charge >= 0.3 is 0 Å². The van der Waals surface area contributed by atoms with Gasteiger partial charge in [-0.05, 0) is 31.0 Å². The average Bonchev–Trinajstić information content (AvgIpc) is 2.41. The fraction of sp³-hybridized carbons (Fsp3) is 0.562. The lowest BCUT2D eigenvalue weighted by atomic mass is 10.1. The van der Waals surface area contributed by atoms with Crippen LogP contribution in [0.2, 0.25) is 0 Å². The van der Waals surface area contributed by atoms with Crippen molar-refractivity contribution in [1.29, 1.82) is 0 Å². The third-order valence-electron chi connectivity index (χ3n) is 3.60. The lowest BCUT2D eigenvalue weighted by molar-refractivity contribution is -0.117. The Morgan fingerprint density at radius 3 is 2.80 bits per heavy atom. The Labute approximate surface area is 121 Å². The minimum absolute atomic E-state index is 0.0716. The van der Waals surface area contributed by atoms with Gasteiger partial charge in [0.15, 0.2) is 0 Å². The molecule has 0 saturated carbocycles. The molecule has 1 aromatic rings. The summed E-state index contributed by atoms with van der Waals surface area (Å²) >= 11 is 0. The van der Waals surface area contributed by atoms with Crippen molar-refractivity contribution in [3.05, 3.63) is 29.8 Å². The Morgan fingerprint density at radius 1 is 1.40 bits per heavy atom. The number of hydrogen-bond acceptors (Lipinski definition) is 3. The molecular weight excluding hydrogens is 250 g/mol. The van der Waals surface area contributed by atoms with Crippen LogP contribution in [0, 0.1) is 0 Å². The quantitative estimate of drug-likeness (QED) is 0.862. The number of rotatable bonds is 5. The van der Waals surface area contributed by atoms with Crippen LogP contribution in [-0.2, 0) is 11.2 Å². The molecule has 1 aliphatic heterocycles. The molecule has 110 valence electrons. The van der Waals surface area contributed by atoms with E-state index in [1.54, 1.807) is 0 Å². The van der Waals surface area contributed by atoms with Gasteiger partial charge < -0.3 is 10.6 Å². The van der Waals surface area contributed by atoms with Crippen molar-refractivity contribution in [2.45, 2.75) is 32.7 Å². The normalized spacial score (nSPS) is 19.8. The molecular formula is C16H25N3O. The number of aryl methyl sites for hydroxylation is 1. The van der Waals surface area contributed by atoms with Crippen LogP contribution in [0.1, 0.15) is 25.8 Å². The van der Waals surface area contributed by atoms with E-state index in [1.165, 1.54) is 5.56 Å². The first-order chi connectivity index (χ1) is 9.67. The Morgan fingerprint density at radius 2 is 2.15 bits per heavy atom. The summed E-state index contributed by atoms with van der Waals surface area (Å²) in [5.74, 6) is 0.0716. The summed E-state index contributed by atoms with van der Waals surface area (Å²) in [5.41, 5.74) is 2.21. The second kappa shape index (κ2) is 7.41. The molecule has 1 unspecified atom stereocenters. The van der Waals surface area contributed by atoms with E-state index in [0.29, 0.717) is 12.6 Å². The zero-order valence-corrected chi connectivity index (χ0v) is 12.5. The predicted molar refractivity (Wildman–Crippen MR) is 83.0 cm³/mol. The van der Waals surface area contributed by atoms with Crippen molar-refractivity contribution in [3.8, 4) is 0 Å². The van der Waals surface area contributed by atoms with Gasteiger partial charge in [-0.1, -0.05) is 25.5 Å². The van der Waals surface area contributed by atoms with Gasteiger partial charge in [-0.25, -0.2) is 0 Å². The number of nitrogens with zero attached hydrogens (tertiary/aromatic N) is 1. The Kier molecular flexibility index (Phi) is 5.56. The summed E-state index contributed by atoms with van der Waals surface area (Å²) in [7, 11) is 0. The molecule has 0 aliphatic carbocycles. The van der Waals surface area contributed by atoms with E-state index in [2.05, 4.69) is 41.5 Å². The van der Waals surface area contributed by atoms with E-state index < -0.39 is 0 Å². The molecule has 0 bridgehead atoms. The number of amides is 1. The number of hydrogen-bond donors (Lipinski definition) is 2. The summed E-state index contributed by atoms with van der Waals surface area (Å²) in [6.07, 6.45) is 2.24. The van der Waals surface area contributed by atoms with Crippen LogP contribution in [0.4, 0.5) is 5.69 Å². The van der Waals surface area contributed by atoms with Crippen LogP contribution in [0.3, 0.4) is 0 Å². The number of piperazine rings is 1. The van der Waals surface area contributed by atoms with Crippen LogP contribution in [0.15, 0.2) is 24.3 Å². The highest BCUT2D eigenvalue weighted by Gasteiger charge is 2.17. The highest BCUT2D eigenvalue weighted by molar-refractivity contribution is 5.92. The van der Waals surface area contributed by atoms with Crippen LogP contribution in [-0.4, -0.2) is 43.0 Å². The minimum atomic E-state index is 0.0716. The number of carbonyl (C=O) groups is 1. The van der Waals surface area contributed by atoms with Gasteiger partial charge in [0.2, 0.25) is 5.91 Å².